The van der Waals surface area contributed by atoms with Gasteiger partial charge in [0.2, 0.25) is 0 Å². The summed E-state index contributed by atoms with van der Waals surface area (Å²) in [7, 11) is -3.39. The highest BCUT2D eigenvalue weighted by Gasteiger charge is 2.29. The molecule has 0 heterocycles. The van der Waals surface area contributed by atoms with Gasteiger partial charge in [-0.2, -0.15) is 0 Å². The molecule has 0 saturated heterocycles. The number of aryl methyl sites for hydroxylation is 2. The lowest BCUT2D eigenvalue weighted by molar-refractivity contribution is 0.131. The first-order valence-electron chi connectivity index (χ1n) is 6.88. The summed E-state index contributed by atoms with van der Waals surface area (Å²) >= 11 is 0. The molecule has 0 unspecified atom stereocenters. The minimum Gasteiger partial charge on any atom is -0.392 e. The van der Waals surface area contributed by atoms with Gasteiger partial charge in [-0.25, -0.2) is 8.42 Å². The Kier molecular flexibility index (Phi) is 4.31. The first-order valence-corrected chi connectivity index (χ1v) is 8.53. The number of sulfone groups is 1. The monoisotopic (exact) mass is 282 g/mol. The largest absolute Gasteiger partial charge is 0.392 e. The molecule has 0 bridgehead atoms. The van der Waals surface area contributed by atoms with Gasteiger partial charge in [-0.05, 0) is 44.2 Å². The summed E-state index contributed by atoms with van der Waals surface area (Å²) in [5.41, 5.74) is 1.81. The fourth-order valence-electron chi connectivity index (χ4n) is 2.94. The van der Waals surface area contributed by atoms with Crippen molar-refractivity contribution in [3.63, 3.8) is 0 Å². The van der Waals surface area contributed by atoms with E-state index in [2.05, 4.69) is 0 Å². The topological polar surface area (TPSA) is 54.4 Å². The molecule has 2 rings (SSSR count). The average molecular weight is 282 g/mol. The summed E-state index contributed by atoms with van der Waals surface area (Å²) in [6.07, 6.45) is 3.37. The van der Waals surface area contributed by atoms with E-state index in [4.69, 9.17) is 0 Å². The van der Waals surface area contributed by atoms with Crippen molar-refractivity contribution in [3.05, 3.63) is 29.3 Å². The van der Waals surface area contributed by atoms with Gasteiger partial charge in [-0.3, -0.25) is 0 Å². The van der Waals surface area contributed by atoms with Crippen molar-refractivity contribution in [2.75, 3.05) is 5.75 Å². The van der Waals surface area contributed by atoms with Crippen LogP contribution in [0.1, 0.15) is 36.8 Å². The van der Waals surface area contributed by atoms with Crippen LogP contribution >= 0.6 is 0 Å². The molecule has 19 heavy (non-hydrogen) atoms. The van der Waals surface area contributed by atoms with Gasteiger partial charge in [-0.1, -0.05) is 30.5 Å². The molecular formula is C15H22O3S. The second-order valence-electron chi connectivity index (χ2n) is 5.66. The maximum Gasteiger partial charge on any atom is 0.181 e. The predicted molar refractivity (Wildman–Crippen MR) is 75.9 cm³/mol. The van der Waals surface area contributed by atoms with Crippen LogP contribution in [0.15, 0.2) is 23.1 Å². The molecule has 1 aromatic rings. The lowest BCUT2D eigenvalue weighted by atomic mass is 10.0. The summed E-state index contributed by atoms with van der Waals surface area (Å²) in [5.74, 6) is 0.00205. The van der Waals surface area contributed by atoms with Crippen LogP contribution < -0.4 is 0 Å². The zero-order chi connectivity index (χ0) is 14.0. The van der Waals surface area contributed by atoms with E-state index in [-0.39, 0.29) is 11.7 Å². The Bertz CT molecular complexity index is 543. The number of rotatable bonds is 4. The van der Waals surface area contributed by atoms with Crippen LogP contribution in [-0.2, 0) is 9.84 Å². The van der Waals surface area contributed by atoms with Crippen LogP contribution in [0.4, 0.5) is 0 Å². The Morgan fingerprint density at radius 2 is 1.89 bits per heavy atom. The van der Waals surface area contributed by atoms with Crippen molar-refractivity contribution in [3.8, 4) is 0 Å². The van der Waals surface area contributed by atoms with Gasteiger partial charge >= 0.3 is 0 Å². The number of aliphatic hydroxyl groups excluding tert-OH is 1. The normalized spacial score (nSPS) is 18.7. The summed E-state index contributed by atoms with van der Waals surface area (Å²) in [6.45, 7) is 3.75. The summed E-state index contributed by atoms with van der Waals surface area (Å²) < 4.78 is 24.7. The Labute approximate surface area is 115 Å². The van der Waals surface area contributed by atoms with Crippen LogP contribution in [0, 0.1) is 19.8 Å². The number of benzene rings is 1. The first-order chi connectivity index (χ1) is 8.90. The van der Waals surface area contributed by atoms with E-state index in [1.807, 2.05) is 26.0 Å². The highest BCUT2D eigenvalue weighted by molar-refractivity contribution is 7.91. The molecule has 4 heteroatoms. The van der Waals surface area contributed by atoms with Crippen LogP contribution in [-0.4, -0.2) is 25.4 Å². The van der Waals surface area contributed by atoms with E-state index in [1.165, 1.54) is 0 Å². The lowest BCUT2D eigenvalue weighted by Crippen LogP contribution is -2.27. The van der Waals surface area contributed by atoms with Crippen LogP contribution in [0.2, 0.25) is 0 Å². The van der Waals surface area contributed by atoms with E-state index in [0.29, 0.717) is 4.90 Å². The molecule has 0 amide bonds. The minimum absolute atomic E-state index is 0.151. The van der Waals surface area contributed by atoms with Gasteiger partial charge in [-0.15, -0.1) is 0 Å². The van der Waals surface area contributed by atoms with Crippen molar-refractivity contribution in [2.45, 2.75) is 50.5 Å². The summed E-state index contributed by atoms with van der Waals surface area (Å²) in [5, 5.41) is 10.1. The van der Waals surface area contributed by atoms with E-state index in [0.717, 1.165) is 36.8 Å². The lowest BCUT2D eigenvalue weighted by Gasteiger charge is -2.18. The highest BCUT2D eigenvalue weighted by atomic mass is 32.2. The Hall–Kier alpha value is -0.870. The molecule has 1 aromatic carbocycles. The Morgan fingerprint density at radius 1 is 1.26 bits per heavy atom. The van der Waals surface area contributed by atoms with Gasteiger partial charge in [0, 0.05) is 0 Å². The second kappa shape index (κ2) is 5.63. The number of hydrogen-bond acceptors (Lipinski definition) is 3. The zero-order valence-corrected chi connectivity index (χ0v) is 12.4. The van der Waals surface area contributed by atoms with Gasteiger partial charge < -0.3 is 5.11 Å². The van der Waals surface area contributed by atoms with E-state index >= 15 is 0 Å². The van der Waals surface area contributed by atoms with Crippen LogP contribution in [0.3, 0.4) is 0 Å². The summed E-state index contributed by atoms with van der Waals surface area (Å²) in [4.78, 5) is 0.357. The van der Waals surface area contributed by atoms with E-state index < -0.39 is 15.9 Å². The molecule has 0 aromatic heterocycles. The van der Waals surface area contributed by atoms with E-state index in [9.17, 15) is 13.5 Å². The fraction of sp³-hybridized carbons (Fsp3) is 0.600. The quantitative estimate of drug-likeness (QED) is 0.923. The highest BCUT2D eigenvalue weighted by Crippen LogP contribution is 2.29. The van der Waals surface area contributed by atoms with Gasteiger partial charge in [0.05, 0.1) is 16.8 Å². The minimum atomic E-state index is -3.39. The standard InChI is InChI=1S/C15H22O3S/c1-11-7-8-15(12(2)9-11)19(17,18)10-14(16)13-5-3-4-6-13/h7-9,13-14,16H,3-6,10H2,1-2H3/t14-/m1/s1. The molecule has 1 aliphatic carbocycles. The molecule has 1 fully saturated rings. The van der Waals surface area contributed by atoms with Gasteiger partial charge in [0.1, 0.15) is 0 Å². The van der Waals surface area contributed by atoms with Crippen molar-refractivity contribution < 1.29 is 13.5 Å². The smallest absolute Gasteiger partial charge is 0.181 e. The second-order valence-corrected chi connectivity index (χ2v) is 7.66. The molecular weight excluding hydrogens is 260 g/mol. The van der Waals surface area contributed by atoms with Gasteiger partial charge in [0.15, 0.2) is 9.84 Å². The molecule has 1 atom stereocenters. The third-order valence-electron chi connectivity index (χ3n) is 4.00. The summed E-state index contributed by atoms with van der Waals surface area (Å²) in [6, 6.07) is 5.33. The zero-order valence-electron chi connectivity index (χ0n) is 11.6. The van der Waals surface area contributed by atoms with Crippen LogP contribution in [0.25, 0.3) is 0 Å². The molecule has 1 N–H and O–H groups in total. The third kappa shape index (κ3) is 3.37. The maximum atomic E-state index is 12.4. The van der Waals surface area contributed by atoms with Crippen molar-refractivity contribution in [1.82, 2.24) is 0 Å². The molecule has 0 aliphatic heterocycles. The van der Waals surface area contributed by atoms with E-state index in [1.54, 1.807) is 6.07 Å². The van der Waals surface area contributed by atoms with Crippen LogP contribution in [0.5, 0.6) is 0 Å². The Morgan fingerprint density at radius 3 is 2.47 bits per heavy atom. The molecule has 0 spiro atoms. The molecule has 1 saturated carbocycles. The van der Waals surface area contributed by atoms with Crippen molar-refractivity contribution in [1.29, 1.82) is 0 Å². The Balaban J connectivity index is 2.17. The predicted octanol–water partition coefficient (Wildman–Crippen LogP) is 2.63. The molecule has 3 nitrogen and oxygen atoms in total. The third-order valence-corrected chi connectivity index (χ3v) is 5.91. The van der Waals surface area contributed by atoms with Gasteiger partial charge in [0.25, 0.3) is 0 Å². The van der Waals surface area contributed by atoms with Crippen molar-refractivity contribution >= 4 is 9.84 Å². The fourth-order valence-corrected chi connectivity index (χ4v) is 4.67. The molecule has 106 valence electrons. The molecule has 1 aliphatic rings. The number of aliphatic hydroxyl groups is 1. The number of hydrogen-bond donors (Lipinski definition) is 1. The SMILES string of the molecule is Cc1ccc(S(=O)(=O)C[C@@H](O)C2CCCC2)c(C)c1. The average Bonchev–Trinajstić information content (AvgIpc) is 2.80. The first kappa shape index (κ1) is 14.5. The maximum absolute atomic E-state index is 12.4. The molecule has 0 radical (unpaired) electrons. The van der Waals surface area contributed by atoms with Crippen molar-refractivity contribution in [2.24, 2.45) is 5.92 Å².